The van der Waals surface area contributed by atoms with Gasteiger partial charge in [0.2, 0.25) is 5.95 Å². The Kier molecular flexibility index (Phi) is 4.11. The van der Waals surface area contributed by atoms with Crippen molar-refractivity contribution in [2.45, 2.75) is 13.3 Å². The molecule has 0 spiro atoms. The third-order valence-electron chi connectivity index (χ3n) is 3.21. The van der Waals surface area contributed by atoms with Crippen LogP contribution < -0.4 is 10.6 Å². The molecule has 0 saturated carbocycles. The average Bonchev–Trinajstić information content (AvgIpc) is 2.87. The molecule has 0 unspecified atom stereocenters. The van der Waals surface area contributed by atoms with Crippen molar-refractivity contribution in [3.05, 3.63) is 35.5 Å². The van der Waals surface area contributed by atoms with Crippen LogP contribution >= 0.6 is 11.6 Å². The molecule has 2 aromatic heterocycles. The van der Waals surface area contributed by atoms with E-state index in [4.69, 9.17) is 11.6 Å². The van der Waals surface area contributed by atoms with E-state index in [1.165, 1.54) is 0 Å². The Morgan fingerprint density at radius 1 is 1.27 bits per heavy atom. The first kappa shape index (κ1) is 14.6. The summed E-state index contributed by atoms with van der Waals surface area (Å²) in [7, 11) is 1.86. The van der Waals surface area contributed by atoms with E-state index in [0.29, 0.717) is 16.8 Å². The number of hydrogen-bond donors (Lipinski definition) is 2. The maximum atomic E-state index is 6.03. The summed E-state index contributed by atoms with van der Waals surface area (Å²) in [5.41, 5.74) is 1.65. The molecule has 0 atom stereocenters. The number of aromatic nitrogens is 4. The minimum absolute atomic E-state index is 0.586. The standard InChI is InChI=1S/C15H17ClN6/c1-3-7-17-15-20-13(12-9-18-22(2)14(12)21-15)19-11-6-4-5-10(16)8-11/h4-6,8-9H,3,7H2,1-2H3,(H2,17,19,20,21). The number of anilines is 3. The smallest absolute Gasteiger partial charge is 0.226 e. The lowest BCUT2D eigenvalue weighted by Crippen LogP contribution is -2.07. The SMILES string of the molecule is CCCNc1nc(Nc2cccc(Cl)c2)c2cnn(C)c2n1. The molecule has 0 aliphatic rings. The number of rotatable bonds is 5. The molecule has 1 aromatic carbocycles. The fourth-order valence-corrected chi connectivity index (χ4v) is 2.33. The van der Waals surface area contributed by atoms with Gasteiger partial charge in [0.25, 0.3) is 0 Å². The molecule has 0 aliphatic carbocycles. The summed E-state index contributed by atoms with van der Waals surface area (Å²) in [5, 5.41) is 12.3. The summed E-state index contributed by atoms with van der Waals surface area (Å²) in [6, 6.07) is 7.52. The number of aryl methyl sites for hydroxylation is 1. The summed E-state index contributed by atoms with van der Waals surface area (Å²) >= 11 is 6.03. The summed E-state index contributed by atoms with van der Waals surface area (Å²) in [5.74, 6) is 1.29. The van der Waals surface area contributed by atoms with Gasteiger partial charge in [-0.1, -0.05) is 24.6 Å². The van der Waals surface area contributed by atoms with E-state index >= 15 is 0 Å². The van der Waals surface area contributed by atoms with Gasteiger partial charge in [-0.3, -0.25) is 4.68 Å². The second-order valence-electron chi connectivity index (χ2n) is 4.96. The maximum absolute atomic E-state index is 6.03. The van der Waals surface area contributed by atoms with Crippen molar-refractivity contribution in [3.8, 4) is 0 Å². The monoisotopic (exact) mass is 316 g/mol. The van der Waals surface area contributed by atoms with Crippen molar-refractivity contribution >= 4 is 40.1 Å². The zero-order valence-electron chi connectivity index (χ0n) is 12.5. The highest BCUT2D eigenvalue weighted by molar-refractivity contribution is 6.30. The van der Waals surface area contributed by atoms with Gasteiger partial charge in [0.05, 0.1) is 11.6 Å². The van der Waals surface area contributed by atoms with Crippen LogP contribution in [0.3, 0.4) is 0 Å². The van der Waals surface area contributed by atoms with E-state index < -0.39 is 0 Å². The fraction of sp³-hybridized carbons (Fsp3) is 0.267. The van der Waals surface area contributed by atoms with Crippen LogP contribution in [0, 0.1) is 0 Å². The lowest BCUT2D eigenvalue weighted by atomic mass is 10.3. The van der Waals surface area contributed by atoms with Crippen LogP contribution in [-0.2, 0) is 7.05 Å². The van der Waals surface area contributed by atoms with Crippen molar-refractivity contribution in [2.24, 2.45) is 7.05 Å². The molecular weight excluding hydrogens is 300 g/mol. The van der Waals surface area contributed by atoms with Crippen LogP contribution in [0.25, 0.3) is 11.0 Å². The molecule has 2 N–H and O–H groups in total. The Morgan fingerprint density at radius 2 is 2.14 bits per heavy atom. The largest absolute Gasteiger partial charge is 0.354 e. The van der Waals surface area contributed by atoms with Crippen LogP contribution in [-0.4, -0.2) is 26.3 Å². The number of nitrogens with zero attached hydrogens (tertiary/aromatic N) is 4. The van der Waals surface area contributed by atoms with E-state index in [-0.39, 0.29) is 0 Å². The predicted molar refractivity (Wildman–Crippen MR) is 89.8 cm³/mol. The first-order valence-electron chi connectivity index (χ1n) is 7.13. The molecule has 2 heterocycles. The van der Waals surface area contributed by atoms with Crippen LogP contribution in [0.4, 0.5) is 17.5 Å². The quantitative estimate of drug-likeness (QED) is 0.753. The topological polar surface area (TPSA) is 67.7 Å². The zero-order chi connectivity index (χ0) is 15.5. The third kappa shape index (κ3) is 2.96. The van der Waals surface area contributed by atoms with Gasteiger partial charge >= 0.3 is 0 Å². The van der Waals surface area contributed by atoms with Gasteiger partial charge in [0, 0.05) is 24.3 Å². The van der Waals surface area contributed by atoms with E-state index in [1.807, 2.05) is 31.3 Å². The third-order valence-corrected chi connectivity index (χ3v) is 3.45. The van der Waals surface area contributed by atoms with Gasteiger partial charge < -0.3 is 10.6 Å². The summed E-state index contributed by atoms with van der Waals surface area (Å²) in [6.07, 6.45) is 2.76. The van der Waals surface area contributed by atoms with Gasteiger partial charge in [0.1, 0.15) is 5.82 Å². The van der Waals surface area contributed by atoms with E-state index in [9.17, 15) is 0 Å². The van der Waals surface area contributed by atoms with Gasteiger partial charge in [0.15, 0.2) is 5.65 Å². The summed E-state index contributed by atoms with van der Waals surface area (Å²) in [6.45, 7) is 2.92. The highest BCUT2D eigenvalue weighted by Gasteiger charge is 2.11. The molecule has 114 valence electrons. The molecule has 0 radical (unpaired) electrons. The molecule has 0 bridgehead atoms. The highest BCUT2D eigenvalue weighted by Crippen LogP contribution is 2.26. The summed E-state index contributed by atoms with van der Waals surface area (Å²) in [4.78, 5) is 9.05. The molecular formula is C15H17ClN6. The number of halogens is 1. The second kappa shape index (κ2) is 6.19. The van der Waals surface area contributed by atoms with Crippen LogP contribution in [0.1, 0.15) is 13.3 Å². The Balaban J connectivity index is 2.02. The van der Waals surface area contributed by atoms with Crippen molar-refractivity contribution in [1.29, 1.82) is 0 Å². The fourth-order valence-electron chi connectivity index (χ4n) is 2.14. The minimum atomic E-state index is 0.586. The Labute approximate surface area is 133 Å². The predicted octanol–water partition coefficient (Wildman–Crippen LogP) is 3.58. The van der Waals surface area contributed by atoms with Gasteiger partial charge in [-0.15, -0.1) is 0 Å². The van der Waals surface area contributed by atoms with E-state index in [0.717, 1.165) is 29.7 Å². The van der Waals surface area contributed by atoms with Crippen LogP contribution in [0.2, 0.25) is 5.02 Å². The molecule has 22 heavy (non-hydrogen) atoms. The number of hydrogen-bond acceptors (Lipinski definition) is 5. The highest BCUT2D eigenvalue weighted by atomic mass is 35.5. The number of nitrogens with one attached hydrogen (secondary N) is 2. The number of fused-ring (bicyclic) bond motifs is 1. The Morgan fingerprint density at radius 3 is 2.91 bits per heavy atom. The average molecular weight is 317 g/mol. The molecule has 3 aromatic rings. The van der Waals surface area contributed by atoms with Crippen molar-refractivity contribution < 1.29 is 0 Å². The molecule has 0 fully saturated rings. The van der Waals surface area contributed by atoms with Crippen LogP contribution in [0.15, 0.2) is 30.5 Å². The Hall–Kier alpha value is -2.34. The zero-order valence-corrected chi connectivity index (χ0v) is 13.2. The van der Waals surface area contributed by atoms with Crippen LogP contribution in [0.5, 0.6) is 0 Å². The van der Waals surface area contributed by atoms with Gasteiger partial charge in [-0.05, 0) is 24.6 Å². The molecule has 0 saturated heterocycles. The lowest BCUT2D eigenvalue weighted by molar-refractivity contribution is 0.785. The van der Waals surface area contributed by atoms with Gasteiger partial charge in [-0.25, -0.2) is 0 Å². The maximum Gasteiger partial charge on any atom is 0.226 e. The molecule has 0 aliphatic heterocycles. The van der Waals surface area contributed by atoms with E-state index in [1.54, 1.807) is 10.9 Å². The molecule has 7 heteroatoms. The van der Waals surface area contributed by atoms with E-state index in [2.05, 4.69) is 32.6 Å². The second-order valence-corrected chi connectivity index (χ2v) is 5.40. The summed E-state index contributed by atoms with van der Waals surface area (Å²) < 4.78 is 1.73. The van der Waals surface area contributed by atoms with Crippen molar-refractivity contribution in [2.75, 3.05) is 17.2 Å². The molecule has 3 rings (SSSR count). The first-order chi connectivity index (χ1) is 10.7. The van der Waals surface area contributed by atoms with Crippen molar-refractivity contribution in [1.82, 2.24) is 19.7 Å². The first-order valence-corrected chi connectivity index (χ1v) is 7.51. The number of benzene rings is 1. The minimum Gasteiger partial charge on any atom is -0.354 e. The molecule has 6 nitrogen and oxygen atoms in total. The normalized spacial score (nSPS) is 10.9. The van der Waals surface area contributed by atoms with Crippen molar-refractivity contribution in [3.63, 3.8) is 0 Å². The lowest BCUT2D eigenvalue weighted by Gasteiger charge is -2.10. The van der Waals surface area contributed by atoms with Gasteiger partial charge in [-0.2, -0.15) is 15.1 Å². The molecule has 0 amide bonds. The Bertz CT molecular complexity index is 798.